The van der Waals surface area contributed by atoms with Gasteiger partial charge >= 0.3 is 6.18 Å². The van der Waals surface area contributed by atoms with Gasteiger partial charge in [0.25, 0.3) is 0 Å². The summed E-state index contributed by atoms with van der Waals surface area (Å²) in [7, 11) is 1.52. The molecular formula is C6H10F3NS. The van der Waals surface area contributed by atoms with Gasteiger partial charge < -0.3 is 0 Å². The summed E-state index contributed by atoms with van der Waals surface area (Å²) in [6.07, 6.45) is -4.06. The van der Waals surface area contributed by atoms with Crippen molar-refractivity contribution in [1.82, 2.24) is 4.90 Å². The molecule has 2 unspecified atom stereocenters. The molecule has 0 aromatic rings. The van der Waals surface area contributed by atoms with E-state index in [0.29, 0.717) is 0 Å². The van der Waals surface area contributed by atoms with E-state index in [-0.39, 0.29) is 11.1 Å². The first-order chi connectivity index (χ1) is 4.93. The molecule has 0 saturated carbocycles. The molecule has 0 spiro atoms. The first-order valence-electron chi connectivity index (χ1n) is 3.33. The van der Waals surface area contributed by atoms with Gasteiger partial charge in [-0.15, -0.1) is 11.8 Å². The van der Waals surface area contributed by atoms with Crippen molar-refractivity contribution in [2.45, 2.75) is 24.5 Å². The Morgan fingerprint density at radius 1 is 1.45 bits per heavy atom. The summed E-state index contributed by atoms with van der Waals surface area (Å²) in [6, 6.07) is -1.25. The monoisotopic (exact) mass is 185 g/mol. The van der Waals surface area contributed by atoms with Gasteiger partial charge in [0.2, 0.25) is 0 Å². The van der Waals surface area contributed by atoms with E-state index in [1.54, 1.807) is 6.92 Å². The lowest BCUT2D eigenvalue weighted by molar-refractivity contribution is -0.171. The lowest BCUT2D eigenvalue weighted by atomic mass is 10.3. The number of alkyl halides is 3. The molecule has 0 N–H and O–H groups in total. The van der Waals surface area contributed by atoms with Crippen molar-refractivity contribution in [2.75, 3.05) is 12.8 Å². The third kappa shape index (κ3) is 1.82. The maximum Gasteiger partial charge on any atom is 0.404 e. The normalized spacial score (nSPS) is 34.6. The maximum absolute atomic E-state index is 12.1. The Balaban J connectivity index is 2.62. The van der Waals surface area contributed by atoms with Crippen LogP contribution in [0.5, 0.6) is 0 Å². The molecule has 2 atom stereocenters. The van der Waals surface area contributed by atoms with Crippen LogP contribution in [0, 0.1) is 0 Å². The predicted octanol–water partition coefficient (Wildman–Crippen LogP) is 1.94. The Labute approximate surface area is 67.9 Å². The standard InChI is InChI=1S/C6H10F3NS/c1-4-10(2)5(3-11-4)6(7,8)9/h4-5H,3H2,1-2H3. The highest BCUT2D eigenvalue weighted by atomic mass is 32.2. The molecule has 1 nitrogen and oxygen atoms in total. The largest absolute Gasteiger partial charge is 0.404 e. The van der Waals surface area contributed by atoms with E-state index in [9.17, 15) is 13.2 Å². The van der Waals surface area contributed by atoms with E-state index in [1.807, 2.05) is 0 Å². The van der Waals surface area contributed by atoms with Crippen molar-refractivity contribution in [3.05, 3.63) is 0 Å². The predicted molar refractivity (Wildman–Crippen MR) is 39.5 cm³/mol. The van der Waals surface area contributed by atoms with Gasteiger partial charge in [0.05, 0.1) is 5.37 Å². The van der Waals surface area contributed by atoms with Crippen LogP contribution in [-0.2, 0) is 0 Å². The summed E-state index contributed by atoms with van der Waals surface area (Å²) in [6.45, 7) is 1.79. The van der Waals surface area contributed by atoms with Crippen molar-refractivity contribution < 1.29 is 13.2 Å². The molecule has 66 valence electrons. The Morgan fingerprint density at radius 2 is 2.00 bits per heavy atom. The van der Waals surface area contributed by atoms with E-state index in [1.165, 1.54) is 23.7 Å². The molecule has 0 radical (unpaired) electrons. The molecule has 1 aliphatic heterocycles. The van der Waals surface area contributed by atoms with Gasteiger partial charge in [0.15, 0.2) is 0 Å². The van der Waals surface area contributed by atoms with Crippen molar-refractivity contribution in [3.63, 3.8) is 0 Å². The Morgan fingerprint density at radius 3 is 2.18 bits per heavy atom. The van der Waals surface area contributed by atoms with Gasteiger partial charge in [0, 0.05) is 5.75 Å². The molecule has 1 saturated heterocycles. The topological polar surface area (TPSA) is 3.24 Å². The Bertz CT molecular complexity index is 147. The van der Waals surface area contributed by atoms with Gasteiger partial charge in [-0.2, -0.15) is 13.2 Å². The van der Waals surface area contributed by atoms with Crippen LogP contribution in [0.4, 0.5) is 13.2 Å². The highest BCUT2D eigenvalue weighted by Gasteiger charge is 2.47. The molecule has 0 aromatic carbocycles. The van der Waals surface area contributed by atoms with Gasteiger partial charge in [-0.25, -0.2) is 0 Å². The quantitative estimate of drug-likeness (QED) is 0.567. The fraction of sp³-hybridized carbons (Fsp3) is 1.00. The first kappa shape index (κ1) is 9.19. The highest BCUT2D eigenvalue weighted by Crippen LogP contribution is 2.36. The molecule has 1 heterocycles. The van der Waals surface area contributed by atoms with E-state index in [2.05, 4.69) is 0 Å². The fourth-order valence-electron chi connectivity index (χ4n) is 1.04. The van der Waals surface area contributed by atoms with Crippen LogP contribution >= 0.6 is 11.8 Å². The zero-order valence-electron chi connectivity index (χ0n) is 6.35. The molecule has 1 rings (SSSR count). The number of hydrogen-bond acceptors (Lipinski definition) is 2. The second-order valence-electron chi connectivity index (χ2n) is 2.66. The third-order valence-electron chi connectivity index (χ3n) is 1.94. The van der Waals surface area contributed by atoms with Gasteiger partial charge in [0.1, 0.15) is 6.04 Å². The lowest BCUT2D eigenvalue weighted by Gasteiger charge is -2.23. The van der Waals surface area contributed by atoms with E-state index >= 15 is 0 Å². The van der Waals surface area contributed by atoms with Gasteiger partial charge in [-0.3, -0.25) is 4.90 Å². The lowest BCUT2D eigenvalue weighted by Crippen LogP contribution is -2.42. The summed E-state index contributed by atoms with van der Waals surface area (Å²) in [5, 5.41) is -0.0124. The summed E-state index contributed by atoms with van der Waals surface area (Å²) in [4.78, 5) is 1.37. The highest BCUT2D eigenvalue weighted by molar-refractivity contribution is 8.00. The van der Waals surface area contributed by atoms with Gasteiger partial charge in [-0.1, -0.05) is 0 Å². The average Bonchev–Trinajstić information content (AvgIpc) is 2.11. The zero-order chi connectivity index (χ0) is 8.65. The zero-order valence-corrected chi connectivity index (χ0v) is 7.17. The smallest absolute Gasteiger partial charge is 0.283 e. The van der Waals surface area contributed by atoms with E-state index < -0.39 is 12.2 Å². The van der Waals surface area contributed by atoms with Crippen molar-refractivity contribution in [1.29, 1.82) is 0 Å². The minimum Gasteiger partial charge on any atom is -0.283 e. The second-order valence-corrected chi connectivity index (χ2v) is 4.00. The minimum absolute atomic E-state index is 0.0124. The summed E-state index contributed by atoms with van der Waals surface area (Å²) in [5.41, 5.74) is 0. The SMILES string of the molecule is CC1SCC(C(F)(F)F)N1C. The van der Waals surface area contributed by atoms with Crippen LogP contribution in [0.1, 0.15) is 6.92 Å². The molecular weight excluding hydrogens is 175 g/mol. The molecule has 0 bridgehead atoms. The fourth-order valence-corrected chi connectivity index (χ4v) is 2.31. The van der Waals surface area contributed by atoms with Gasteiger partial charge in [-0.05, 0) is 14.0 Å². The third-order valence-corrected chi connectivity index (χ3v) is 3.26. The van der Waals surface area contributed by atoms with Crippen LogP contribution < -0.4 is 0 Å². The van der Waals surface area contributed by atoms with Crippen molar-refractivity contribution in [3.8, 4) is 0 Å². The molecule has 1 aliphatic rings. The Kier molecular flexibility index (Phi) is 2.39. The van der Waals surface area contributed by atoms with Crippen LogP contribution in [0.25, 0.3) is 0 Å². The van der Waals surface area contributed by atoms with E-state index in [0.717, 1.165) is 0 Å². The number of halogens is 3. The van der Waals surface area contributed by atoms with E-state index in [4.69, 9.17) is 0 Å². The van der Waals surface area contributed by atoms with Crippen LogP contribution in [0.3, 0.4) is 0 Å². The molecule has 0 aliphatic carbocycles. The summed E-state index contributed by atoms with van der Waals surface area (Å²) in [5.74, 6) is 0.168. The minimum atomic E-state index is -4.06. The van der Waals surface area contributed by atoms with Crippen molar-refractivity contribution in [2.24, 2.45) is 0 Å². The molecule has 5 heteroatoms. The summed E-state index contributed by atoms with van der Waals surface area (Å²) < 4.78 is 36.4. The number of nitrogens with zero attached hydrogens (tertiary/aromatic N) is 1. The average molecular weight is 185 g/mol. The number of thioether (sulfide) groups is 1. The summed E-state index contributed by atoms with van der Waals surface area (Å²) >= 11 is 1.35. The first-order valence-corrected chi connectivity index (χ1v) is 4.38. The Hall–Kier alpha value is 0.1000. The molecule has 0 amide bonds. The number of hydrogen-bond donors (Lipinski definition) is 0. The maximum atomic E-state index is 12.1. The molecule has 1 fully saturated rings. The number of rotatable bonds is 0. The van der Waals surface area contributed by atoms with Crippen LogP contribution in [0.15, 0.2) is 0 Å². The van der Waals surface area contributed by atoms with Crippen molar-refractivity contribution >= 4 is 11.8 Å². The second kappa shape index (κ2) is 2.86. The van der Waals surface area contributed by atoms with Crippen LogP contribution in [0.2, 0.25) is 0 Å². The molecule has 0 aromatic heterocycles. The molecule has 11 heavy (non-hydrogen) atoms. The van der Waals surface area contributed by atoms with Crippen LogP contribution in [-0.4, -0.2) is 35.3 Å².